The van der Waals surface area contributed by atoms with Crippen LogP contribution in [0, 0.1) is 12.7 Å². The number of rotatable bonds is 2. The maximum absolute atomic E-state index is 14.3. The number of hydrogen-bond acceptors (Lipinski definition) is 5. The molecular formula is C22H20ClF4N3O2. The molecule has 0 saturated carbocycles. The maximum Gasteiger partial charge on any atom is 0.419 e. The van der Waals surface area contributed by atoms with Gasteiger partial charge in [0.1, 0.15) is 22.9 Å². The number of aromatic nitrogens is 2. The third-order valence-electron chi connectivity index (χ3n) is 5.95. The van der Waals surface area contributed by atoms with Gasteiger partial charge in [-0.1, -0.05) is 31.5 Å². The van der Waals surface area contributed by atoms with Crippen molar-refractivity contribution < 1.29 is 27.8 Å². The van der Waals surface area contributed by atoms with E-state index in [0.717, 1.165) is 6.07 Å². The molecule has 1 aliphatic carbocycles. The molecule has 3 N–H and O–H groups in total. The van der Waals surface area contributed by atoms with Gasteiger partial charge in [0.25, 0.3) is 0 Å². The lowest BCUT2D eigenvalue weighted by Gasteiger charge is -2.49. The Morgan fingerprint density at radius 2 is 1.88 bits per heavy atom. The first-order valence-corrected chi connectivity index (χ1v) is 10.1. The van der Waals surface area contributed by atoms with E-state index in [1.807, 2.05) is 0 Å². The lowest BCUT2D eigenvalue weighted by atomic mass is 9.63. The van der Waals surface area contributed by atoms with Crippen LogP contribution in [0.4, 0.5) is 23.2 Å². The Bertz CT molecular complexity index is 1230. The van der Waals surface area contributed by atoms with Crippen LogP contribution in [0.3, 0.4) is 0 Å². The number of aromatic hydroxyl groups is 1. The molecule has 0 aliphatic heterocycles. The summed E-state index contributed by atoms with van der Waals surface area (Å²) in [6.07, 6.45) is -4.45. The molecule has 0 radical (unpaired) electrons. The summed E-state index contributed by atoms with van der Waals surface area (Å²) in [4.78, 5) is 8.06. The zero-order valence-corrected chi connectivity index (χ0v) is 18.1. The highest BCUT2D eigenvalue weighted by atomic mass is 35.5. The molecule has 1 aliphatic rings. The van der Waals surface area contributed by atoms with Gasteiger partial charge in [-0.2, -0.15) is 13.2 Å². The molecule has 0 bridgehead atoms. The number of hydrogen-bond donors (Lipinski definition) is 3. The van der Waals surface area contributed by atoms with Crippen molar-refractivity contribution in [1.29, 1.82) is 0 Å². The minimum Gasteiger partial charge on any atom is -0.506 e. The molecule has 1 heterocycles. The van der Waals surface area contributed by atoms with Crippen molar-refractivity contribution in [3.8, 4) is 5.75 Å². The first-order valence-electron chi connectivity index (χ1n) is 9.75. The van der Waals surface area contributed by atoms with Gasteiger partial charge in [-0.25, -0.2) is 14.4 Å². The lowest BCUT2D eigenvalue weighted by Crippen LogP contribution is -2.58. The van der Waals surface area contributed by atoms with Crippen LogP contribution in [0.2, 0.25) is 5.02 Å². The first kappa shape index (κ1) is 22.5. The van der Waals surface area contributed by atoms with Gasteiger partial charge in [-0.15, -0.1) is 0 Å². The molecule has 3 aromatic rings. The number of benzene rings is 2. The highest BCUT2D eigenvalue weighted by molar-refractivity contribution is 6.32. The summed E-state index contributed by atoms with van der Waals surface area (Å²) in [6, 6.07) is 3.25. The van der Waals surface area contributed by atoms with Gasteiger partial charge in [0.05, 0.1) is 11.1 Å². The van der Waals surface area contributed by atoms with Crippen LogP contribution in [0.5, 0.6) is 5.75 Å². The van der Waals surface area contributed by atoms with E-state index in [4.69, 9.17) is 11.6 Å². The Morgan fingerprint density at radius 1 is 1.19 bits per heavy atom. The molecule has 0 amide bonds. The van der Waals surface area contributed by atoms with Crippen LogP contribution in [0.1, 0.15) is 43.3 Å². The molecule has 170 valence electrons. The summed E-state index contributed by atoms with van der Waals surface area (Å²) in [5.41, 5.74) is -4.17. The predicted molar refractivity (Wildman–Crippen MR) is 112 cm³/mol. The molecule has 0 fully saturated rings. The van der Waals surface area contributed by atoms with Gasteiger partial charge in [-0.05, 0) is 42.5 Å². The third kappa shape index (κ3) is 3.34. The van der Waals surface area contributed by atoms with E-state index in [9.17, 15) is 27.8 Å². The van der Waals surface area contributed by atoms with Crippen molar-refractivity contribution in [3.63, 3.8) is 0 Å². The Balaban J connectivity index is 1.97. The molecule has 5 nitrogen and oxygen atoms in total. The zero-order chi connectivity index (χ0) is 23.6. The molecule has 1 aromatic heterocycles. The van der Waals surface area contributed by atoms with Crippen LogP contribution >= 0.6 is 11.6 Å². The fourth-order valence-electron chi connectivity index (χ4n) is 4.57. The summed E-state index contributed by atoms with van der Waals surface area (Å²) in [7, 11) is 0. The van der Waals surface area contributed by atoms with Crippen LogP contribution in [-0.4, -0.2) is 32.0 Å². The molecule has 2 atom stereocenters. The van der Waals surface area contributed by atoms with Crippen molar-refractivity contribution in [3.05, 3.63) is 58.3 Å². The molecule has 0 unspecified atom stereocenters. The normalized spacial score (nSPS) is 22.6. The number of aryl methyl sites for hydroxylation is 1. The van der Waals surface area contributed by atoms with E-state index in [1.165, 1.54) is 38.2 Å². The van der Waals surface area contributed by atoms with Gasteiger partial charge in [0.15, 0.2) is 5.60 Å². The Hall–Kier alpha value is -2.65. The molecule has 32 heavy (non-hydrogen) atoms. The maximum atomic E-state index is 14.3. The number of anilines is 1. The number of alkyl halides is 3. The summed E-state index contributed by atoms with van der Waals surface area (Å²) < 4.78 is 57.1. The van der Waals surface area contributed by atoms with Gasteiger partial charge in [-0.3, -0.25) is 0 Å². The number of phenolic OH excluding ortho intramolecular Hbond substituents is 1. The quantitative estimate of drug-likeness (QED) is 0.428. The summed E-state index contributed by atoms with van der Waals surface area (Å²) >= 11 is 6.04. The van der Waals surface area contributed by atoms with Crippen molar-refractivity contribution in [1.82, 2.24) is 9.97 Å². The van der Waals surface area contributed by atoms with Crippen LogP contribution in [0.25, 0.3) is 10.9 Å². The smallest absolute Gasteiger partial charge is 0.419 e. The Morgan fingerprint density at radius 3 is 2.53 bits per heavy atom. The number of nitrogens with one attached hydrogen (secondary N) is 1. The molecule has 0 spiro atoms. The minimum absolute atomic E-state index is 0.0101. The number of fused-ring (bicyclic) bond motifs is 2. The summed E-state index contributed by atoms with van der Waals surface area (Å²) in [6.45, 7) is 4.56. The van der Waals surface area contributed by atoms with E-state index in [0.29, 0.717) is 5.82 Å². The molecule has 2 aromatic carbocycles. The van der Waals surface area contributed by atoms with Crippen LogP contribution < -0.4 is 5.32 Å². The average Bonchev–Trinajstić information content (AvgIpc) is 2.67. The molecule has 4 rings (SSSR count). The van der Waals surface area contributed by atoms with Crippen molar-refractivity contribution in [2.45, 2.75) is 50.4 Å². The summed E-state index contributed by atoms with van der Waals surface area (Å²) in [5.74, 6) is -0.700. The average molecular weight is 470 g/mol. The van der Waals surface area contributed by atoms with Gasteiger partial charge < -0.3 is 15.5 Å². The van der Waals surface area contributed by atoms with E-state index in [-0.39, 0.29) is 38.5 Å². The van der Waals surface area contributed by atoms with Crippen LogP contribution in [-0.2, 0) is 5.41 Å². The number of halogens is 5. The monoisotopic (exact) mass is 469 g/mol. The number of nitrogens with zero attached hydrogens (tertiary/aromatic N) is 2. The van der Waals surface area contributed by atoms with Gasteiger partial charge in [0, 0.05) is 22.8 Å². The minimum atomic E-state index is -5.02. The van der Waals surface area contributed by atoms with Gasteiger partial charge >= 0.3 is 6.18 Å². The fraction of sp³-hybridized carbons (Fsp3) is 0.364. The fourth-order valence-corrected chi connectivity index (χ4v) is 4.73. The van der Waals surface area contributed by atoms with E-state index in [2.05, 4.69) is 15.3 Å². The second kappa shape index (κ2) is 7.18. The summed E-state index contributed by atoms with van der Waals surface area (Å²) in [5, 5.41) is 24.5. The van der Waals surface area contributed by atoms with Crippen molar-refractivity contribution in [2.24, 2.45) is 0 Å². The van der Waals surface area contributed by atoms with E-state index in [1.54, 1.807) is 6.92 Å². The standard InChI is InChI=1S/C22H20ClF4N3O2/c1-10-28-8-12-15(7-6-14(24)17(12)29-10)30-19-11-4-5-13(23)18(31)16(11)20(2,3)9-21(19,32)22(25,26)27/h4-8,19,30-32H,9H2,1-3H3/t19-,21+/m0/s1. The number of aliphatic hydroxyl groups is 1. The second-order valence-corrected chi connectivity index (χ2v) is 9.10. The van der Waals surface area contributed by atoms with Crippen molar-refractivity contribution in [2.75, 3.05) is 5.32 Å². The Kier molecular flexibility index (Phi) is 5.06. The largest absolute Gasteiger partial charge is 0.506 e. The Labute approximate surface area is 186 Å². The topological polar surface area (TPSA) is 78.3 Å². The van der Waals surface area contributed by atoms with Gasteiger partial charge in [0.2, 0.25) is 0 Å². The highest BCUT2D eigenvalue weighted by Crippen LogP contribution is 2.57. The molecular weight excluding hydrogens is 450 g/mol. The predicted octanol–water partition coefficient (Wildman–Crippen LogP) is 5.56. The van der Waals surface area contributed by atoms with Crippen molar-refractivity contribution >= 4 is 28.2 Å². The van der Waals surface area contributed by atoms with E-state index < -0.39 is 35.5 Å². The molecule has 0 saturated heterocycles. The SMILES string of the molecule is Cc1ncc2c(N[C@H]3c4ccc(Cl)c(O)c4C(C)(C)C[C@]3(O)C(F)(F)F)ccc(F)c2n1. The molecule has 10 heteroatoms. The highest BCUT2D eigenvalue weighted by Gasteiger charge is 2.64. The first-order chi connectivity index (χ1) is 14.8. The number of phenols is 1. The second-order valence-electron chi connectivity index (χ2n) is 8.69. The zero-order valence-electron chi connectivity index (χ0n) is 17.3. The van der Waals surface area contributed by atoms with E-state index >= 15 is 0 Å². The lowest BCUT2D eigenvalue weighted by molar-refractivity contribution is -0.275. The third-order valence-corrected chi connectivity index (χ3v) is 6.26. The van der Waals surface area contributed by atoms with Crippen LogP contribution in [0.15, 0.2) is 30.5 Å².